The number of aryl methyl sites for hydroxylation is 1. The number of nitrogens with zero attached hydrogens (tertiary/aromatic N) is 2. The maximum atomic E-state index is 5.57. The van der Waals surface area contributed by atoms with Crippen LogP contribution in [0.1, 0.15) is 57.3 Å². The molecule has 0 bridgehead atoms. The molecule has 0 fully saturated rings. The van der Waals surface area contributed by atoms with Gasteiger partial charge in [-0.2, -0.15) is 0 Å². The molecule has 1 aromatic heterocycles. The lowest BCUT2D eigenvalue weighted by Crippen LogP contribution is -2.32. The average Bonchev–Trinajstić information content (AvgIpc) is 2.44. The highest BCUT2D eigenvalue weighted by Gasteiger charge is 2.21. The molecule has 2 rings (SSSR count). The largest absolute Gasteiger partial charge is 0.371 e. The number of fused-ring (bicyclic) bond motifs is 1. The summed E-state index contributed by atoms with van der Waals surface area (Å²) in [5.74, 6) is 1.54. The van der Waals surface area contributed by atoms with Crippen molar-refractivity contribution in [2.45, 2.75) is 59.1 Å². The Hall–Kier alpha value is -1.00. The zero-order chi connectivity index (χ0) is 14.5. The summed E-state index contributed by atoms with van der Waals surface area (Å²) in [6.45, 7) is 10.2. The van der Waals surface area contributed by atoms with Crippen LogP contribution in [0.25, 0.3) is 0 Å². The Morgan fingerprint density at radius 1 is 1.40 bits per heavy atom. The Kier molecular flexibility index (Phi) is 5.49. The Morgan fingerprint density at radius 3 is 2.90 bits per heavy atom. The summed E-state index contributed by atoms with van der Waals surface area (Å²) in [5.41, 5.74) is 2.54. The lowest BCUT2D eigenvalue weighted by Gasteiger charge is -2.25. The Labute approximate surface area is 122 Å². The Balaban J connectivity index is 2.00. The molecule has 0 saturated heterocycles. The lowest BCUT2D eigenvalue weighted by molar-refractivity contribution is 0.0697. The van der Waals surface area contributed by atoms with Crippen molar-refractivity contribution in [2.24, 2.45) is 5.92 Å². The van der Waals surface area contributed by atoms with E-state index in [1.807, 2.05) is 20.0 Å². The molecule has 2 unspecified atom stereocenters. The van der Waals surface area contributed by atoms with E-state index in [-0.39, 0.29) is 6.10 Å². The van der Waals surface area contributed by atoms with Crippen molar-refractivity contribution in [2.75, 3.05) is 13.2 Å². The van der Waals surface area contributed by atoms with E-state index in [0.29, 0.717) is 18.6 Å². The minimum Gasteiger partial charge on any atom is -0.371 e. The molecule has 20 heavy (non-hydrogen) atoms. The van der Waals surface area contributed by atoms with Crippen molar-refractivity contribution in [3.63, 3.8) is 0 Å². The van der Waals surface area contributed by atoms with Gasteiger partial charge in [-0.1, -0.05) is 13.8 Å². The van der Waals surface area contributed by atoms with Crippen molar-refractivity contribution in [3.8, 4) is 0 Å². The van der Waals surface area contributed by atoms with E-state index in [0.717, 1.165) is 25.2 Å². The monoisotopic (exact) mass is 277 g/mol. The van der Waals surface area contributed by atoms with Crippen LogP contribution < -0.4 is 5.32 Å². The van der Waals surface area contributed by atoms with E-state index in [1.165, 1.54) is 17.7 Å². The number of aromatic nitrogens is 2. The normalized spacial score (nSPS) is 19.9. The van der Waals surface area contributed by atoms with Crippen LogP contribution in [0.4, 0.5) is 0 Å². The second kappa shape index (κ2) is 7.14. The van der Waals surface area contributed by atoms with Crippen molar-refractivity contribution in [1.82, 2.24) is 15.3 Å². The van der Waals surface area contributed by atoms with Crippen LogP contribution >= 0.6 is 0 Å². The predicted molar refractivity (Wildman–Crippen MR) is 80.7 cm³/mol. The van der Waals surface area contributed by atoms with Crippen LogP contribution in [0.3, 0.4) is 0 Å². The molecule has 4 heteroatoms. The molecule has 0 amide bonds. The first-order chi connectivity index (χ1) is 9.60. The molecule has 1 aliphatic carbocycles. The molecule has 4 nitrogen and oxygen atoms in total. The zero-order valence-corrected chi connectivity index (χ0v) is 13.1. The first-order valence-electron chi connectivity index (χ1n) is 7.79. The van der Waals surface area contributed by atoms with Gasteiger partial charge in [0, 0.05) is 24.5 Å². The van der Waals surface area contributed by atoms with E-state index in [2.05, 4.69) is 24.1 Å². The summed E-state index contributed by atoms with van der Waals surface area (Å²) in [5, 5.41) is 3.53. The van der Waals surface area contributed by atoms with Gasteiger partial charge in [0.15, 0.2) is 5.82 Å². The maximum absolute atomic E-state index is 5.57. The number of rotatable bonds is 6. The van der Waals surface area contributed by atoms with Gasteiger partial charge in [0.1, 0.15) is 6.10 Å². The minimum atomic E-state index is -0.00867. The van der Waals surface area contributed by atoms with E-state index < -0.39 is 0 Å². The fourth-order valence-electron chi connectivity index (χ4n) is 2.70. The van der Waals surface area contributed by atoms with Gasteiger partial charge in [-0.15, -0.1) is 0 Å². The van der Waals surface area contributed by atoms with Crippen molar-refractivity contribution >= 4 is 0 Å². The Morgan fingerprint density at radius 2 is 2.20 bits per heavy atom. The molecule has 112 valence electrons. The summed E-state index contributed by atoms with van der Waals surface area (Å²) >= 11 is 0. The molecular formula is C16H27N3O. The average molecular weight is 277 g/mol. The summed E-state index contributed by atoms with van der Waals surface area (Å²) in [4.78, 5) is 9.19. The fraction of sp³-hybridized carbons (Fsp3) is 0.750. The third kappa shape index (κ3) is 4.00. The van der Waals surface area contributed by atoms with Gasteiger partial charge in [0.25, 0.3) is 0 Å². The molecule has 0 spiro atoms. The number of hydrogen-bond donors (Lipinski definition) is 1. The van der Waals surface area contributed by atoms with Crippen LogP contribution in [-0.2, 0) is 17.6 Å². The summed E-state index contributed by atoms with van der Waals surface area (Å²) < 4.78 is 5.57. The zero-order valence-electron chi connectivity index (χ0n) is 13.1. The highest BCUT2D eigenvalue weighted by molar-refractivity contribution is 5.22. The van der Waals surface area contributed by atoms with E-state index in [4.69, 9.17) is 9.72 Å². The first-order valence-corrected chi connectivity index (χ1v) is 7.79. The molecule has 0 aliphatic heterocycles. The smallest absolute Gasteiger partial charge is 0.157 e. The molecular weight excluding hydrogens is 250 g/mol. The van der Waals surface area contributed by atoms with Gasteiger partial charge >= 0.3 is 0 Å². The van der Waals surface area contributed by atoms with Crippen LogP contribution in [-0.4, -0.2) is 29.2 Å². The van der Waals surface area contributed by atoms with Crippen molar-refractivity contribution in [1.29, 1.82) is 0 Å². The molecule has 0 saturated carbocycles. The molecule has 1 heterocycles. The third-order valence-electron chi connectivity index (χ3n) is 3.87. The van der Waals surface area contributed by atoms with E-state index in [9.17, 15) is 0 Å². The topological polar surface area (TPSA) is 47.0 Å². The second-order valence-corrected chi connectivity index (χ2v) is 5.97. The molecule has 0 radical (unpaired) electrons. The molecule has 1 aromatic rings. The quantitative estimate of drug-likeness (QED) is 0.868. The molecule has 0 aromatic carbocycles. The Bertz CT molecular complexity index is 434. The SMILES string of the molecule is CCOC(C)c1ncc2c(n1)CCC(CNC(C)C)C2. The van der Waals surface area contributed by atoms with Crippen molar-refractivity contribution < 1.29 is 4.74 Å². The first kappa shape index (κ1) is 15.4. The van der Waals surface area contributed by atoms with Gasteiger partial charge in [0.05, 0.1) is 0 Å². The second-order valence-electron chi connectivity index (χ2n) is 5.97. The van der Waals surface area contributed by atoms with Crippen LogP contribution in [0.15, 0.2) is 6.20 Å². The van der Waals surface area contributed by atoms with Crippen LogP contribution in [0.5, 0.6) is 0 Å². The van der Waals surface area contributed by atoms with Crippen molar-refractivity contribution in [3.05, 3.63) is 23.3 Å². The van der Waals surface area contributed by atoms with Gasteiger partial charge < -0.3 is 10.1 Å². The maximum Gasteiger partial charge on any atom is 0.157 e. The highest BCUT2D eigenvalue weighted by Crippen LogP contribution is 2.25. The summed E-state index contributed by atoms with van der Waals surface area (Å²) in [6, 6.07) is 0.557. The standard InChI is InChI=1S/C16H27N3O/c1-5-20-12(4)16-18-10-14-8-13(9-17-11(2)3)6-7-15(14)19-16/h10-13,17H,5-9H2,1-4H3. The highest BCUT2D eigenvalue weighted by atomic mass is 16.5. The van der Waals surface area contributed by atoms with Gasteiger partial charge in [-0.3, -0.25) is 0 Å². The van der Waals surface area contributed by atoms with Gasteiger partial charge in [-0.05, 0) is 51.1 Å². The van der Waals surface area contributed by atoms with E-state index in [1.54, 1.807) is 0 Å². The summed E-state index contributed by atoms with van der Waals surface area (Å²) in [7, 11) is 0. The van der Waals surface area contributed by atoms with Crippen LogP contribution in [0.2, 0.25) is 0 Å². The van der Waals surface area contributed by atoms with Gasteiger partial charge in [0.2, 0.25) is 0 Å². The third-order valence-corrected chi connectivity index (χ3v) is 3.87. The van der Waals surface area contributed by atoms with E-state index >= 15 is 0 Å². The molecule has 1 aliphatic rings. The molecule has 2 atom stereocenters. The number of nitrogens with one attached hydrogen (secondary N) is 1. The van der Waals surface area contributed by atoms with Crippen LogP contribution in [0, 0.1) is 5.92 Å². The number of ether oxygens (including phenoxy) is 1. The molecule has 1 N–H and O–H groups in total. The van der Waals surface area contributed by atoms with Gasteiger partial charge in [-0.25, -0.2) is 9.97 Å². The minimum absolute atomic E-state index is 0.00867. The number of hydrogen-bond acceptors (Lipinski definition) is 4. The lowest BCUT2D eigenvalue weighted by atomic mass is 9.87. The summed E-state index contributed by atoms with van der Waals surface area (Å²) in [6.07, 6.45) is 5.37. The predicted octanol–water partition coefficient (Wildman–Crippen LogP) is 2.68. The fourth-order valence-corrected chi connectivity index (χ4v) is 2.70.